The fourth-order valence-corrected chi connectivity index (χ4v) is 3.74. The van der Waals surface area contributed by atoms with Crippen molar-refractivity contribution in [2.75, 3.05) is 18.1 Å². The summed E-state index contributed by atoms with van der Waals surface area (Å²) in [5.74, 6) is -0.899. The van der Waals surface area contributed by atoms with Crippen molar-refractivity contribution in [1.82, 2.24) is 5.32 Å². The largest absolute Gasteiger partial charge is 0.397 e. The maximum absolute atomic E-state index is 12.0. The Kier molecular flexibility index (Phi) is 5.06. The van der Waals surface area contributed by atoms with Gasteiger partial charge in [-0.1, -0.05) is 25.7 Å². The Bertz CT molecular complexity index is 533. The predicted molar refractivity (Wildman–Crippen MR) is 85.8 cm³/mol. The van der Waals surface area contributed by atoms with Crippen molar-refractivity contribution in [2.45, 2.75) is 44.6 Å². The minimum absolute atomic E-state index is 0.169. The number of amides is 2. The Balaban J connectivity index is 2.30. The lowest BCUT2D eigenvalue weighted by molar-refractivity contribution is 0.0964. The predicted octanol–water partition coefficient (Wildman–Crippen LogP) is 1.92. The fraction of sp³-hybridized carbons (Fsp3) is 0.571. The molecule has 2 rings (SSSR count). The number of hydrogen-bond donors (Lipinski definition) is 4. The zero-order chi connectivity index (χ0) is 15.4. The Morgan fingerprint density at radius 2 is 1.81 bits per heavy atom. The van der Waals surface area contributed by atoms with Gasteiger partial charge in [-0.25, -0.2) is 0 Å². The number of nitrogens with one attached hydrogen (secondary N) is 2. The van der Waals surface area contributed by atoms with Crippen molar-refractivity contribution < 1.29 is 9.59 Å². The van der Waals surface area contributed by atoms with Gasteiger partial charge < -0.3 is 22.1 Å². The SMILES string of the molecule is CNC(=O)c1c(NC2CCCCCC2)sc(C(N)=O)c1N. The molecular weight excluding hydrogens is 288 g/mol. The van der Waals surface area contributed by atoms with Gasteiger partial charge in [0.25, 0.3) is 11.8 Å². The molecule has 0 unspecified atom stereocenters. The van der Waals surface area contributed by atoms with Crippen molar-refractivity contribution in [1.29, 1.82) is 0 Å². The molecule has 0 aromatic carbocycles. The molecule has 1 aliphatic rings. The molecule has 0 bridgehead atoms. The molecule has 6 N–H and O–H groups in total. The van der Waals surface area contributed by atoms with Crippen LogP contribution in [0.3, 0.4) is 0 Å². The molecule has 21 heavy (non-hydrogen) atoms. The zero-order valence-corrected chi connectivity index (χ0v) is 13.0. The molecule has 116 valence electrons. The first-order valence-corrected chi connectivity index (χ1v) is 8.07. The topological polar surface area (TPSA) is 110 Å². The Morgan fingerprint density at radius 1 is 1.19 bits per heavy atom. The minimum Gasteiger partial charge on any atom is -0.397 e. The van der Waals surface area contributed by atoms with Crippen LogP contribution < -0.4 is 22.1 Å². The first kappa shape index (κ1) is 15.6. The molecule has 1 saturated carbocycles. The van der Waals surface area contributed by atoms with Crippen molar-refractivity contribution in [3.63, 3.8) is 0 Å². The summed E-state index contributed by atoms with van der Waals surface area (Å²) in [6.45, 7) is 0. The zero-order valence-electron chi connectivity index (χ0n) is 12.2. The number of carbonyl (C=O) groups excluding carboxylic acids is 2. The summed E-state index contributed by atoms with van der Waals surface area (Å²) in [5.41, 5.74) is 11.8. The second-order valence-corrected chi connectivity index (χ2v) is 6.35. The lowest BCUT2D eigenvalue weighted by Gasteiger charge is -2.17. The third-order valence-electron chi connectivity index (χ3n) is 3.81. The van der Waals surface area contributed by atoms with Crippen LogP contribution in [0.25, 0.3) is 0 Å². The maximum Gasteiger partial charge on any atom is 0.260 e. The van der Waals surface area contributed by atoms with E-state index < -0.39 is 5.91 Å². The van der Waals surface area contributed by atoms with Gasteiger partial charge in [0.1, 0.15) is 9.88 Å². The van der Waals surface area contributed by atoms with E-state index >= 15 is 0 Å². The van der Waals surface area contributed by atoms with E-state index in [1.54, 1.807) is 7.05 Å². The molecule has 1 fully saturated rings. The van der Waals surface area contributed by atoms with Gasteiger partial charge in [0, 0.05) is 13.1 Å². The normalized spacial score (nSPS) is 16.2. The van der Waals surface area contributed by atoms with Gasteiger partial charge in [-0.15, -0.1) is 11.3 Å². The van der Waals surface area contributed by atoms with Crippen LogP contribution in [0.15, 0.2) is 0 Å². The van der Waals surface area contributed by atoms with Crippen LogP contribution >= 0.6 is 11.3 Å². The van der Waals surface area contributed by atoms with Crippen LogP contribution in [0, 0.1) is 0 Å². The van der Waals surface area contributed by atoms with E-state index in [4.69, 9.17) is 11.5 Å². The van der Waals surface area contributed by atoms with E-state index in [0.717, 1.165) is 12.8 Å². The smallest absolute Gasteiger partial charge is 0.260 e. The molecule has 0 spiro atoms. The number of hydrogen-bond acceptors (Lipinski definition) is 5. The van der Waals surface area contributed by atoms with Crippen molar-refractivity contribution in [3.05, 3.63) is 10.4 Å². The van der Waals surface area contributed by atoms with E-state index in [1.807, 2.05) is 0 Å². The molecule has 0 atom stereocenters. The maximum atomic E-state index is 12.0. The quantitative estimate of drug-likeness (QED) is 0.637. The summed E-state index contributed by atoms with van der Waals surface area (Å²) >= 11 is 1.17. The summed E-state index contributed by atoms with van der Waals surface area (Å²) in [4.78, 5) is 23.7. The molecule has 2 amide bonds. The van der Waals surface area contributed by atoms with Gasteiger partial charge >= 0.3 is 0 Å². The van der Waals surface area contributed by atoms with E-state index in [1.165, 1.54) is 37.0 Å². The van der Waals surface area contributed by atoms with E-state index in [2.05, 4.69) is 10.6 Å². The van der Waals surface area contributed by atoms with Crippen LogP contribution in [0.5, 0.6) is 0 Å². The molecule has 7 heteroatoms. The summed E-state index contributed by atoms with van der Waals surface area (Å²) in [5, 5.41) is 6.60. The molecule has 1 aromatic heterocycles. The number of thiophene rings is 1. The van der Waals surface area contributed by atoms with Gasteiger partial charge in [-0.3, -0.25) is 9.59 Å². The third-order valence-corrected chi connectivity index (χ3v) is 4.96. The first-order chi connectivity index (χ1) is 10.0. The number of primary amides is 1. The number of anilines is 2. The Hall–Kier alpha value is -1.76. The average molecular weight is 310 g/mol. The van der Waals surface area contributed by atoms with Gasteiger partial charge in [0.05, 0.1) is 11.3 Å². The summed E-state index contributed by atoms with van der Waals surface area (Å²) in [6, 6.07) is 0.315. The molecule has 1 aliphatic carbocycles. The average Bonchev–Trinajstić information content (AvgIpc) is 2.64. The van der Waals surface area contributed by atoms with E-state index in [-0.39, 0.29) is 16.5 Å². The van der Waals surface area contributed by atoms with Gasteiger partial charge in [0.15, 0.2) is 0 Å². The summed E-state index contributed by atoms with van der Waals surface area (Å²) in [6.07, 6.45) is 6.99. The van der Waals surface area contributed by atoms with Crippen molar-refractivity contribution >= 4 is 33.8 Å². The second-order valence-electron chi connectivity index (χ2n) is 5.33. The molecule has 6 nitrogen and oxygen atoms in total. The first-order valence-electron chi connectivity index (χ1n) is 7.25. The summed E-state index contributed by atoms with van der Waals surface area (Å²) in [7, 11) is 1.54. The lowest BCUT2D eigenvalue weighted by Crippen LogP contribution is -2.23. The number of nitrogen functional groups attached to an aromatic ring is 1. The van der Waals surface area contributed by atoms with E-state index in [9.17, 15) is 9.59 Å². The van der Waals surface area contributed by atoms with Crippen LogP contribution in [-0.2, 0) is 0 Å². The van der Waals surface area contributed by atoms with Crippen LogP contribution in [-0.4, -0.2) is 24.9 Å². The molecule has 1 heterocycles. The number of rotatable bonds is 4. The van der Waals surface area contributed by atoms with Crippen molar-refractivity contribution in [2.24, 2.45) is 5.73 Å². The summed E-state index contributed by atoms with van der Waals surface area (Å²) < 4.78 is 0. The second kappa shape index (κ2) is 6.80. The van der Waals surface area contributed by atoms with Gasteiger partial charge in [0.2, 0.25) is 0 Å². The highest BCUT2D eigenvalue weighted by molar-refractivity contribution is 7.19. The Labute approximate surface area is 128 Å². The van der Waals surface area contributed by atoms with Crippen molar-refractivity contribution in [3.8, 4) is 0 Å². The highest BCUT2D eigenvalue weighted by Crippen LogP contribution is 2.37. The standard InChI is InChI=1S/C14H22N4O2S/c1-17-13(20)9-10(15)11(12(16)19)21-14(9)18-8-6-4-2-3-5-7-8/h8,18H,2-7,15H2,1H3,(H2,16,19)(H,17,20). The third kappa shape index (κ3) is 3.47. The number of nitrogens with two attached hydrogens (primary N) is 2. The highest BCUT2D eigenvalue weighted by atomic mass is 32.1. The minimum atomic E-state index is -0.600. The lowest BCUT2D eigenvalue weighted by atomic mass is 10.1. The highest BCUT2D eigenvalue weighted by Gasteiger charge is 2.25. The Morgan fingerprint density at radius 3 is 2.33 bits per heavy atom. The molecule has 1 aromatic rings. The van der Waals surface area contributed by atoms with Crippen LogP contribution in [0.2, 0.25) is 0 Å². The van der Waals surface area contributed by atoms with Crippen LogP contribution in [0.4, 0.5) is 10.7 Å². The van der Waals surface area contributed by atoms with E-state index in [0.29, 0.717) is 16.6 Å². The molecular formula is C14H22N4O2S. The molecule has 0 saturated heterocycles. The molecule has 0 aliphatic heterocycles. The van der Waals surface area contributed by atoms with Crippen LogP contribution in [0.1, 0.15) is 58.6 Å². The van der Waals surface area contributed by atoms with Gasteiger partial charge in [-0.05, 0) is 12.8 Å². The number of carbonyl (C=O) groups is 2. The fourth-order valence-electron chi connectivity index (χ4n) is 2.69. The molecule has 0 radical (unpaired) electrons. The monoisotopic (exact) mass is 310 g/mol. The van der Waals surface area contributed by atoms with Gasteiger partial charge in [-0.2, -0.15) is 0 Å².